The molecular weight excluding hydrogens is 226 g/mol. The smallest absolute Gasteiger partial charge is 0.0858 e. The first kappa shape index (κ1) is 10.7. The maximum absolute atomic E-state index is 5.89. The van der Waals surface area contributed by atoms with Gasteiger partial charge < -0.3 is 0 Å². The van der Waals surface area contributed by atoms with Gasteiger partial charge in [0, 0.05) is 10.4 Å². The van der Waals surface area contributed by atoms with Gasteiger partial charge in [0.25, 0.3) is 0 Å². The molecule has 0 amide bonds. The third kappa shape index (κ3) is 2.06. The van der Waals surface area contributed by atoms with Crippen molar-refractivity contribution in [2.24, 2.45) is 0 Å². The molecule has 0 aliphatic carbocycles. The first-order valence-corrected chi connectivity index (χ1v) is 6.19. The minimum atomic E-state index is 0.535. The Balaban J connectivity index is 2.58. The lowest BCUT2D eigenvalue weighted by Crippen LogP contribution is -1.87. The molecule has 1 nitrogen and oxygen atoms in total. The van der Waals surface area contributed by atoms with Crippen LogP contribution in [0.15, 0.2) is 23.7 Å². The number of hydrogen-bond acceptors (Lipinski definition) is 2. The standard InChI is InChI=1S/C12H12ClNS/c1-8-3-4-9(2)10(5-8)12-11(6-13)15-7-14-12/h3-5,7H,6H2,1-2H3. The number of aromatic nitrogens is 1. The van der Waals surface area contributed by atoms with Crippen molar-refractivity contribution >= 4 is 22.9 Å². The van der Waals surface area contributed by atoms with Crippen LogP contribution in [0.3, 0.4) is 0 Å². The number of thiazole rings is 1. The summed E-state index contributed by atoms with van der Waals surface area (Å²) >= 11 is 7.50. The van der Waals surface area contributed by atoms with E-state index in [1.54, 1.807) is 11.3 Å². The summed E-state index contributed by atoms with van der Waals surface area (Å²) in [6.45, 7) is 4.20. The fourth-order valence-electron chi connectivity index (χ4n) is 1.58. The summed E-state index contributed by atoms with van der Waals surface area (Å²) in [6.07, 6.45) is 0. The van der Waals surface area contributed by atoms with Gasteiger partial charge in [-0.1, -0.05) is 17.7 Å². The lowest BCUT2D eigenvalue weighted by Gasteiger charge is -2.05. The van der Waals surface area contributed by atoms with E-state index in [0.29, 0.717) is 5.88 Å². The Morgan fingerprint density at radius 2 is 2.13 bits per heavy atom. The first-order chi connectivity index (χ1) is 7.22. The van der Waals surface area contributed by atoms with E-state index in [-0.39, 0.29) is 0 Å². The number of halogens is 1. The van der Waals surface area contributed by atoms with Gasteiger partial charge in [0.15, 0.2) is 0 Å². The molecule has 0 radical (unpaired) electrons. The Morgan fingerprint density at radius 1 is 1.33 bits per heavy atom. The largest absolute Gasteiger partial charge is 0.244 e. The summed E-state index contributed by atoms with van der Waals surface area (Å²) in [5.41, 5.74) is 6.60. The third-order valence-electron chi connectivity index (χ3n) is 2.41. The number of nitrogens with zero attached hydrogens (tertiary/aromatic N) is 1. The Kier molecular flexibility index (Phi) is 3.08. The van der Waals surface area contributed by atoms with E-state index in [2.05, 4.69) is 37.0 Å². The molecule has 0 unspecified atom stereocenters. The van der Waals surface area contributed by atoms with Crippen LogP contribution in [0.2, 0.25) is 0 Å². The highest BCUT2D eigenvalue weighted by Gasteiger charge is 2.10. The van der Waals surface area contributed by atoms with E-state index in [1.165, 1.54) is 16.7 Å². The number of hydrogen-bond donors (Lipinski definition) is 0. The third-order valence-corrected chi connectivity index (χ3v) is 3.67. The molecule has 0 spiro atoms. The van der Waals surface area contributed by atoms with Crippen molar-refractivity contribution in [2.75, 3.05) is 0 Å². The molecule has 0 aliphatic heterocycles. The van der Waals surface area contributed by atoms with Gasteiger partial charge in [0.2, 0.25) is 0 Å². The predicted molar refractivity (Wildman–Crippen MR) is 66.6 cm³/mol. The van der Waals surface area contributed by atoms with E-state index >= 15 is 0 Å². The van der Waals surface area contributed by atoms with Gasteiger partial charge in [-0.25, -0.2) is 4.98 Å². The zero-order valence-corrected chi connectivity index (χ0v) is 10.3. The van der Waals surface area contributed by atoms with Crippen LogP contribution in [-0.4, -0.2) is 4.98 Å². The van der Waals surface area contributed by atoms with Gasteiger partial charge in [0.1, 0.15) is 0 Å². The average Bonchev–Trinajstić information content (AvgIpc) is 2.69. The van der Waals surface area contributed by atoms with E-state index in [4.69, 9.17) is 11.6 Å². The van der Waals surface area contributed by atoms with Crippen molar-refractivity contribution in [3.63, 3.8) is 0 Å². The minimum absolute atomic E-state index is 0.535. The molecule has 0 saturated carbocycles. The van der Waals surface area contributed by atoms with Crippen LogP contribution in [0.4, 0.5) is 0 Å². The van der Waals surface area contributed by atoms with Gasteiger partial charge in [-0.05, 0) is 25.5 Å². The first-order valence-electron chi connectivity index (χ1n) is 4.78. The van der Waals surface area contributed by atoms with E-state index in [1.807, 2.05) is 5.51 Å². The SMILES string of the molecule is Cc1ccc(C)c(-c2ncsc2CCl)c1. The maximum atomic E-state index is 5.89. The summed E-state index contributed by atoms with van der Waals surface area (Å²) in [5.74, 6) is 0.535. The maximum Gasteiger partial charge on any atom is 0.0858 e. The van der Waals surface area contributed by atoms with Crippen LogP contribution < -0.4 is 0 Å². The molecule has 1 aromatic heterocycles. The fraction of sp³-hybridized carbons (Fsp3) is 0.250. The summed E-state index contributed by atoms with van der Waals surface area (Å²) in [4.78, 5) is 5.54. The molecule has 0 fully saturated rings. The summed E-state index contributed by atoms with van der Waals surface area (Å²) in [5, 5.41) is 0. The summed E-state index contributed by atoms with van der Waals surface area (Å²) in [7, 11) is 0. The molecule has 1 heterocycles. The second kappa shape index (κ2) is 4.33. The second-order valence-corrected chi connectivity index (χ2v) is 4.78. The van der Waals surface area contributed by atoms with Crippen molar-refractivity contribution in [1.82, 2.24) is 4.98 Å². The molecule has 3 heteroatoms. The van der Waals surface area contributed by atoms with Crippen molar-refractivity contribution in [3.05, 3.63) is 39.7 Å². The lowest BCUT2D eigenvalue weighted by molar-refractivity contribution is 1.31. The zero-order valence-electron chi connectivity index (χ0n) is 8.75. The Bertz CT molecular complexity index is 476. The van der Waals surface area contributed by atoms with Crippen molar-refractivity contribution in [3.8, 4) is 11.3 Å². The highest BCUT2D eigenvalue weighted by molar-refractivity contribution is 7.10. The molecule has 2 aromatic rings. The van der Waals surface area contributed by atoms with Crippen molar-refractivity contribution in [2.45, 2.75) is 19.7 Å². The second-order valence-electron chi connectivity index (χ2n) is 3.58. The van der Waals surface area contributed by atoms with Gasteiger partial charge in [-0.3, -0.25) is 0 Å². The average molecular weight is 238 g/mol. The Morgan fingerprint density at radius 3 is 2.87 bits per heavy atom. The Hall–Kier alpha value is -0.860. The molecule has 0 bridgehead atoms. The van der Waals surface area contributed by atoms with Gasteiger partial charge in [-0.2, -0.15) is 0 Å². The monoisotopic (exact) mass is 237 g/mol. The predicted octanol–water partition coefficient (Wildman–Crippen LogP) is 4.17. The molecule has 78 valence electrons. The molecule has 2 rings (SSSR count). The van der Waals surface area contributed by atoms with E-state index in [9.17, 15) is 0 Å². The molecule has 0 saturated heterocycles. The van der Waals surface area contributed by atoms with E-state index < -0.39 is 0 Å². The zero-order chi connectivity index (χ0) is 10.8. The number of rotatable bonds is 2. The topological polar surface area (TPSA) is 12.9 Å². The normalized spacial score (nSPS) is 10.6. The summed E-state index contributed by atoms with van der Waals surface area (Å²) < 4.78 is 0. The van der Waals surface area contributed by atoms with Crippen LogP contribution in [-0.2, 0) is 5.88 Å². The van der Waals surface area contributed by atoms with Gasteiger partial charge in [0.05, 0.1) is 17.1 Å². The fourth-order valence-corrected chi connectivity index (χ4v) is 2.51. The molecule has 15 heavy (non-hydrogen) atoms. The quantitative estimate of drug-likeness (QED) is 0.715. The number of alkyl halides is 1. The molecular formula is C12H12ClNS. The number of aryl methyl sites for hydroxylation is 2. The van der Waals surface area contributed by atoms with Gasteiger partial charge in [-0.15, -0.1) is 22.9 Å². The molecule has 0 atom stereocenters. The van der Waals surface area contributed by atoms with Crippen molar-refractivity contribution in [1.29, 1.82) is 0 Å². The van der Waals surface area contributed by atoms with Crippen LogP contribution in [0, 0.1) is 13.8 Å². The van der Waals surface area contributed by atoms with E-state index in [0.717, 1.165) is 10.6 Å². The lowest BCUT2D eigenvalue weighted by atomic mass is 10.0. The highest BCUT2D eigenvalue weighted by Crippen LogP contribution is 2.29. The van der Waals surface area contributed by atoms with Crippen LogP contribution in [0.1, 0.15) is 16.0 Å². The Labute approximate surface area is 98.7 Å². The molecule has 1 aromatic carbocycles. The minimum Gasteiger partial charge on any atom is -0.244 e. The highest BCUT2D eigenvalue weighted by atomic mass is 35.5. The molecule has 0 N–H and O–H groups in total. The van der Waals surface area contributed by atoms with Crippen LogP contribution in [0.25, 0.3) is 11.3 Å². The number of benzene rings is 1. The van der Waals surface area contributed by atoms with Crippen LogP contribution in [0.5, 0.6) is 0 Å². The van der Waals surface area contributed by atoms with Gasteiger partial charge >= 0.3 is 0 Å². The summed E-state index contributed by atoms with van der Waals surface area (Å²) in [6, 6.07) is 6.41. The van der Waals surface area contributed by atoms with Crippen molar-refractivity contribution < 1.29 is 0 Å². The van der Waals surface area contributed by atoms with Crippen LogP contribution >= 0.6 is 22.9 Å². The molecule has 0 aliphatic rings.